The predicted octanol–water partition coefficient (Wildman–Crippen LogP) is 2.96. The summed E-state index contributed by atoms with van der Waals surface area (Å²) in [6.07, 6.45) is 0.698. The lowest BCUT2D eigenvalue weighted by molar-refractivity contribution is 0.158. The molecule has 0 spiro atoms. The third kappa shape index (κ3) is 3.09. The van der Waals surface area contributed by atoms with Crippen molar-refractivity contribution in [3.05, 3.63) is 71.3 Å². The summed E-state index contributed by atoms with van der Waals surface area (Å²) in [6.45, 7) is 4.09. The minimum atomic E-state index is -0.356. The Kier molecular flexibility index (Phi) is 3.86. The molecule has 1 aliphatic heterocycles. The third-order valence-electron chi connectivity index (χ3n) is 4.04. The van der Waals surface area contributed by atoms with Crippen LogP contribution in [0.25, 0.3) is 0 Å². The fourth-order valence-corrected chi connectivity index (χ4v) is 2.74. The highest BCUT2D eigenvalue weighted by molar-refractivity contribution is 5.26. The third-order valence-corrected chi connectivity index (χ3v) is 4.04. The Morgan fingerprint density at radius 1 is 1.15 bits per heavy atom. The molecule has 0 aromatic heterocycles. The number of benzene rings is 2. The second kappa shape index (κ2) is 5.78. The van der Waals surface area contributed by atoms with Gasteiger partial charge < -0.3 is 5.11 Å². The van der Waals surface area contributed by atoms with Crippen LogP contribution in [-0.2, 0) is 6.42 Å². The van der Waals surface area contributed by atoms with Gasteiger partial charge in [0.15, 0.2) is 0 Å². The van der Waals surface area contributed by atoms with E-state index < -0.39 is 0 Å². The molecule has 3 atom stereocenters. The van der Waals surface area contributed by atoms with Crippen molar-refractivity contribution in [2.75, 3.05) is 13.1 Å². The van der Waals surface area contributed by atoms with E-state index in [1.54, 1.807) is 0 Å². The molecule has 1 unspecified atom stereocenters. The van der Waals surface area contributed by atoms with Crippen molar-refractivity contribution in [3.8, 4) is 0 Å². The molecule has 1 heterocycles. The molecule has 0 aliphatic carbocycles. The summed E-state index contributed by atoms with van der Waals surface area (Å²) in [5, 5.41) is 10.4. The molecule has 2 aromatic rings. The van der Waals surface area contributed by atoms with Gasteiger partial charge in [0, 0.05) is 13.1 Å². The van der Waals surface area contributed by atoms with E-state index in [4.69, 9.17) is 0 Å². The molecule has 2 nitrogen and oxygen atoms in total. The highest BCUT2D eigenvalue weighted by Crippen LogP contribution is 2.31. The van der Waals surface area contributed by atoms with Crippen molar-refractivity contribution in [3.63, 3.8) is 0 Å². The number of aryl methyl sites for hydroxylation is 1. The molecule has 1 fully saturated rings. The summed E-state index contributed by atoms with van der Waals surface area (Å²) < 4.78 is 0. The van der Waals surface area contributed by atoms with Gasteiger partial charge in [-0.05, 0) is 24.5 Å². The van der Waals surface area contributed by atoms with Gasteiger partial charge in [-0.15, -0.1) is 0 Å². The van der Waals surface area contributed by atoms with E-state index in [0.29, 0.717) is 6.04 Å². The molecule has 104 valence electrons. The van der Waals surface area contributed by atoms with Crippen LogP contribution in [0.3, 0.4) is 0 Å². The summed E-state index contributed by atoms with van der Waals surface area (Å²) in [7, 11) is 0. The average Bonchev–Trinajstić information content (AvgIpc) is 3.25. The van der Waals surface area contributed by atoms with Gasteiger partial charge in [-0.1, -0.05) is 60.2 Å². The van der Waals surface area contributed by atoms with Gasteiger partial charge in [-0.2, -0.15) is 0 Å². The molecule has 1 aliphatic rings. The summed E-state index contributed by atoms with van der Waals surface area (Å²) >= 11 is 0. The minimum absolute atomic E-state index is 0.292. The second-order valence-corrected chi connectivity index (χ2v) is 5.66. The molecule has 2 heteroatoms. The van der Waals surface area contributed by atoms with Crippen LogP contribution in [0.1, 0.15) is 22.8 Å². The highest BCUT2D eigenvalue weighted by Gasteiger charge is 2.39. The van der Waals surface area contributed by atoms with E-state index >= 15 is 0 Å². The van der Waals surface area contributed by atoms with Crippen LogP contribution in [0.15, 0.2) is 54.6 Å². The van der Waals surface area contributed by atoms with E-state index in [-0.39, 0.29) is 6.10 Å². The molecule has 0 amide bonds. The maximum atomic E-state index is 10.4. The molecule has 2 aromatic carbocycles. The molecule has 3 rings (SSSR count). The van der Waals surface area contributed by atoms with Crippen LogP contribution < -0.4 is 0 Å². The zero-order valence-electron chi connectivity index (χ0n) is 11.9. The van der Waals surface area contributed by atoms with E-state index in [2.05, 4.69) is 48.2 Å². The Hall–Kier alpha value is -1.64. The van der Waals surface area contributed by atoms with Crippen molar-refractivity contribution in [2.45, 2.75) is 25.5 Å². The monoisotopic (exact) mass is 267 g/mol. The molecule has 0 radical (unpaired) electrons. The fourth-order valence-electron chi connectivity index (χ4n) is 2.74. The highest BCUT2D eigenvalue weighted by atomic mass is 16.3. The van der Waals surface area contributed by atoms with Crippen molar-refractivity contribution in [1.29, 1.82) is 0 Å². The Bertz CT molecular complexity index is 567. The van der Waals surface area contributed by atoms with E-state index in [1.165, 1.54) is 11.1 Å². The lowest BCUT2D eigenvalue weighted by Gasteiger charge is -2.12. The van der Waals surface area contributed by atoms with Crippen LogP contribution in [0, 0.1) is 6.92 Å². The van der Waals surface area contributed by atoms with Gasteiger partial charge in [-0.25, -0.2) is 0 Å². The van der Waals surface area contributed by atoms with Gasteiger partial charge in [-0.3, -0.25) is 4.90 Å². The maximum Gasteiger partial charge on any atom is 0.0957 e. The van der Waals surface area contributed by atoms with Crippen molar-refractivity contribution >= 4 is 0 Å². The van der Waals surface area contributed by atoms with Crippen LogP contribution >= 0.6 is 0 Å². The Balaban J connectivity index is 1.54. The summed E-state index contributed by atoms with van der Waals surface area (Å²) in [4.78, 5) is 2.35. The molecule has 20 heavy (non-hydrogen) atoms. The SMILES string of the molecule is Cc1cccc([C@@H](O)[C@H]2CN2CCc2ccccc2)c1. The summed E-state index contributed by atoms with van der Waals surface area (Å²) in [5.74, 6) is 0. The average molecular weight is 267 g/mol. The first-order chi connectivity index (χ1) is 9.74. The normalized spacial score (nSPS) is 22.5. The number of aliphatic hydroxyl groups excluding tert-OH is 1. The standard InChI is InChI=1S/C18H21NO/c1-14-6-5-9-16(12-14)18(20)17-13-19(17)11-10-15-7-3-2-4-8-15/h2-9,12,17-18,20H,10-11,13H2,1H3/t17-,18-,19?/m1/s1. The predicted molar refractivity (Wildman–Crippen MR) is 81.6 cm³/mol. The van der Waals surface area contributed by atoms with Crippen LogP contribution in [0.2, 0.25) is 0 Å². The number of hydrogen-bond donors (Lipinski definition) is 1. The first-order valence-corrected chi connectivity index (χ1v) is 7.26. The lowest BCUT2D eigenvalue weighted by Crippen LogP contribution is -2.13. The fraction of sp³-hybridized carbons (Fsp3) is 0.333. The molecule has 1 N–H and O–H groups in total. The van der Waals surface area contributed by atoms with Gasteiger partial charge >= 0.3 is 0 Å². The molecule has 0 saturated carbocycles. The number of rotatable bonds is 5. The molecular formula is C18H21NO. The van der Waals surface area contributed by atoms with E-state index in [9.17, 15) is 5.11 Å². The topological polar surface area (TPSA) is 23.2 Å². The van der Waals surface area contributed by atoms with Crippen LogP contribution in [-0.4, -0.2) is 29.1 Å². The molecule has 0 bridgehead atoms. The van der Waals surface area contributed by atoms with Gasteiger partial charge in [0.1, 0.15) is 0 Å². The summed E-state index contributed by atoms with van der Waals surface area (Å²) in [5.41, 5.74) is 3.61. The Morgan fingerprint density at radius 3 is 2.70 bits per heavy atom. The number of aliphatic hydroxyl groups is 1. The molecule has 1 saturated heterocycles. The largest absolute Gasteiger partial charge is 0.387 e. The van der Waals surface area contributed by atoms with E-state index in [1.807, 2.05) is 18.2 Å². The van der Waals surface area contributed by atoms with Gasteiger partial charge in [0.05, 0.1) is 12.1 Å². The quantitative estimate of drug-likeness (QED) is 0.842. The van der Waals surface area contributed by atoms with Crippen molar-refractivity contribution < 1.29 is 5.11 Å². The Labute approximate surface area is 120 Å². The van der Waals surface area contributed by atoms with Crippen molar-refractivity contribution in [2.24, 2.45) is 0 Å². The van der Waals surface area contributed by atoms with Crippen LogP contribution in [0.5, 0.6) is 0 Å². The van der Waals surface area contributed by atoms with Gasteiger partial charge in [0.25, 0.3) is 0 Å². The van der Waals surface area contributed by atoms with Gasteiger partial charge in [0.2, 0.25) is 0 Å². The summed E-state index contributed by atoms with van der Waals surface area (Å²) in [6, 6.07) is 19.0. The smallest absolute Gasteiger partial charge is 0.0957 e. The van der Waals surface area contributed by atoms with Crippen molar-refractivity contribution in [1.82, 2.24) is 4.90 Å². The van der Waals surface area contributed by atoms with E-state index in [0.717, 1.165) is 25.1 Å². The second-order valence-electron chi connectivity index (χ2n) is 5.66. The maximum absolute atomic E-state index is 10.4. The number of hydrogen-bond acceptors (Lipinski definition) is 2. The van der Waals surface area contributed by atoms with Crippen LogP contribution in [0.4, 0.5) is 0 Å². The zero-order chi connectivity index (χ0) is 13.9. The first-order valence-electron chi connectivity index (χ1n) is 7.26. The number of nitrogens with zero attached hydrogens (tertiary/aromatic N) is 1. The first kappa shape index (κ1) is 13.3. The zero-order valence-corrected chi connectivity index (χ0v) is 11.9. The molecular weight excluding hydrogens is 246 g/mol. The lowest BCUT2D eigenvalue weighted by atomic mass is 10.0. The Morgan fingerprint density at radius 2 is 1.95 bits per heavy atom. The minimum Gasteiger partial charge on any atom is -0.387 e.